The van der Waals surface area contributed by atoms with E-state index in [0.29, 0.717) is 25.5 Å². The molecule has 0 radical (unpaired) electrons. The summed E-state index contributed by atoms with van der Waals surface area (Å²) in [4.78, 5) is 18.1. The van der Waals surface area contributed by atoms with Gasteiger partial charge in [-0.3, -0.25) is 4.79 Å². The van der Waals surface area contributed by atoms with Crippen molar-refractivity contribution in [2.75, 3.05) is 19.0 Å². The highest BCUT2D eigenvalue weighted by Gasteiger charge is 2.15. The zero-order valence-electron chi connectivity index (χ0n) is 15.0. The molecule has 1 aliphatic rings. The van der Waals surface area contributed by atoms with Gasteiger partial charge in [-0.15, -0.1) is 11.3 Å². The molecule has 0 fully saturated rings. The van der Waals surface area contributed by atoms with Gasteiger partial charge in [-0.05, 0) is 35.6 Å². The largest absolute Gasteiger partial charge is 0.486 e. The Balaban J connectivity index is 1.49. The number of nitrogens with zero attached hydrogens (tertiary/aromatic N) is 1. The predicted molar refractivity (Wildman–Crippen MR) is 109 cm³/mol. The zero-order chi connectivity index (χ0) is 18.6. The Morgan fingerprint density at radius 3 is 2.81 bits per heavy atom. The summed E-state index contributed by atoms with van der Waals surface area (Å²) in [5.41, 5.74) is 1.99. The molecular weight excluding hydrogens is 380 g/mol. The van der Waals surface area contributed by atoms with Crippen molar-refractivity contribution >= 4 is 39.9 Å². The fraction of sp³-hybridized carbons (Fsp3) is 0.300. The number of aryl methyl sites for hydroxylation is 1. The summed E-state index contributed by atoms with van der Waals surface area (Å²) in [6.07, 6.45) is 0.858. The van der Waals surface area contributed by atoms with Crippen LogP contribution in [0.15, 0.2) is 40.7 Å². The van der Waals surface area contributed by atoms with Crippen molar-refractivity contribution in [3.63, 3.8) is 0 Å². The molecule has 1 aromatic carbocycles. The van der Waals surface area contributed by atoms with Crippen molar-refractivity contribution in [1.29, 1.82) is 0 Å². The number of nitrogens with one attached hydrogen (secondary N) is 1. The molecule has 0 spiro atoms. The van der Waals surface area contributed by atoms with Gasteiger partial charge in [-0.1, -0.05) is 24.8 Å². The van der Waals surface area contributed by atoms with Crippen molar-refractivity contribution in [2.45, 2.75) is 24.9 Å². The number of rotatable bonds is 6. The second-order valence-corrected chi connectivity index (χ2v) is 8.14. The van der Waals surface area contributed by atoms with E-state index >= 15 is 0 Å². The molecule has 3 aromatic rings. The fourth-order valence-electron chi connectivity index (χ4n) is 2.90. The smallest absolute Gasteiger partial charge is 0.230 e. The third kappa shape index (κ3) is 4.20. The molecule has 0 saturated carbocycles. The van der Waals surface area contributed by atoms with E-state index in [9.17, 15) is 4.79 Å². The third-order valence-corrected chi connectivity index (χ3v) is 6.19. The lowest BCUT2D eigenvalue weighted by Crippen LogP contribution is -2.24. The molecule has 7 heteroatoms. The first kappa shape index (κ1) is 18.1. The minimum Gasteiger partial charge on any atom is -0.486 e. The van der Waals surface area contributed by atoms with Crippen LogP contribution in [0.1, 0.15) is 17.4 Å². The number of carbonyl (C=O) groups is 1. The molecule has 4 rings (SSSR count). The van der Waals surface area contributed by atoms with Gasteiger partial charge < -0.3 is 14.8 Å². The second-order valence-electron chi connectivity index (χ2n) is 6.14. The maximum atomic E-state index is 12.2. The molecule has 0 atom stereocenters. The monoisotopic (exact) mass is 400 g/mol. The van der Waals surface area contributed by atoms with Crippen LogP contribution in [0.2, 0.25) is 0 Å². The standard InChI is InChI=1S/C20H20N2O3S2/c1-2-13-8-14-9-17-18(25-6-5-24-17)10-16(14)22-20(13)27-12-19(23)21-11-15-4-3-7-26-15/h3-4,7-10H,2,5-6,11-12H2,1H3,(H,21,23). The highest BCUT2D eigenvalue weighted by Crippen LogP contribution is 2.35. The minimum absolute atomic E-state index is 0.0134. The van der Waals surface area contributed by atoms with Crippen molar-refractivity contribution in [3.05, 3.63) is 46.2 Å². The summed E-state index contributed by atoms with van der Waals surface area (Å²) in [7, 11) is 0. The van der Waals surface area contributed by atoms with E-state index in [1.807, 2.05) is 29.6 Å². The third-order valence-electron chi connectivity index (χ3n) is 4.28. The van der Waals surface area contributed by atoms with E-state index < -0.39 is 0 Å². The van der Waals surface area contributed by atoms with Crippen LogP contribution in [-0.4, -0.2) is 29.9 Å². The Bertz CT molecular complexity index is 958. The molecule has 1 amide bonds. The van der Waals surface area contributed by atoms with Gasteiger partial charge in [0, 0.05) is 16.3 Å². The first-order valence-electron chi connectivity index (χ1n) is 8.88. The average molecular weight is 401 g/mol. The topological polar surface area (TPSA) is 60.5 Å². The summed E-state index contributed by atoms with van der Waals surface area (Å²) < 4.78 is 11.3. The van der Waals surface area contributed by atoms with Gasteiger partial charge in [0.05, 0.1) is 17.8 Å². The first-order chi connectivity index (χ1) is 13.2. The molecule has 0 unspecified atom stereocenters. The summed E-state index contributed by atoms with van der Waals surface area (Å²) >= 11 is 3.12. The van der Waals surface area contributed by atoms with E-state index in [4.69, 9.17) is 14.5 Å². The summed E-state index contributed by atoms with van der Waals surface area (Å²) in [6, 6.07) is 10.0. The van der Waals surface area contributed by atoms with Gasteiger partial charge in [0.15, 0.2) is 11.5 Å². The number of benzene rings is 1. The number of hydrogen-bond donors (Lipinski definition) is 1. The average Bonchev–Trinajstić information content (AvgIpc) is 3.22. The van der Waals surface area contributed by atoms with Crippen molar-refractivity contribution in [1.82, 2.24) is 10.3 Å². The highest BCUT2D eigenvalue weighted by molar-refractivity contribution is 7.99. The van der Waals surface area contributed by atoms with Crippen LogP contribution in [0.4, 0.5) is 0 Å². The molecular formula is C20H20N2O3S2. The summed E-state index contributed by atoms with van der Waals surface area (Å²) in [5, 5.41) is 6.89. The molecule has 3 heterocycles. The van der Waals surface area contributed by atoms with Crippen LogP contribution in [0.25, 0.3) is 10.9 Å². The Morgan fingerprint density at radius 2 is 2.07 bits per heavy atom. The van der Waals surface area contributed by atoms with E-state index in [1.165, 1.54) is 11.8 Å². The zero-order valence-corrected chi connectivity index (χ0v) is 16.6. The van der Waals surface area contributed by atoms with Gasteiger partial charge in [-0.25, -0.2) is 4.98 Å². The van der Waals surface area contributed by atoms with E-state index in [1.54, 1.807) is 11.3 Å². The quantitative estimate of drug-likeness (QED) is 0.633. The molecule has 140 valence electrons. The second kappa shape index (κ2) is 8.19. The van der Waals surface area contributed by atoms with Crippen LogP contribution in [0.5, 0.6) is 11.5 Å². The van der Waals surface area contributed by atoms with Gasteiger partial charge in [0.25, 0.3) is 0 Å². The normalized spacial score (nSPS) is 12.9. The van der Waals surface area contributed by atoms with E-state index in [-0.39, 0.29) is 5.91 Å². The van der Waals surface area contributed by atoms with E-state index in [0.717, 1.165) is 44.3 Å². The molecule has 27 heavy (non-hydrogen) atoms. The number of amides is 1. The summed E-state index contributed by atoms with van der Waals surface area (Å²) in [6.45, 7) is 3.80. The SMILES string of the molecule is CCc1cc2cc3c(cc2nc1SCC(=O)NCc1cccs1)OCCO3. The lowest BCUT2D eigenvalue weighted by atomic mass is 10.1. The Morgan fingerprint density at radius 1 is 1.26 bits per heavy atom. The first-order valence-corrected chi connectivity index (χ1v) is 10.7. The number of ether oxygens (including phenoxy) is 2. The molecule has 2 aromatic heterocycles. The predicted octanol–water partition coefficient (Wildman–Crippen LogP) is 4.04. The number of aromatic nitrogens is 1. The van der Waals surface area contributed by atoms with Gasteiger partial charge >= 0.3 is 0 Å². The number of pyridine rings is 1. The number of thiophene rings is 1. The highest BCUT2D eigenvalue weighted by atomic mass is 32.2. The number of hydrogen-bond acceptors (Lipinski definition) is 6. The molecule has 0 aliphatic carbocycles. The van der Waals surface area contributed by atoms with Crippen LogP contribution >= 0.6 is 23.1 Å². The molecule has 5 nitrogen and oxygen atoms in total. The lowest BCUT2D eigenvalue weighted by molar-refractivity contribution is -0.118. The Labute approximate surface area is 166 Å². The van der Waals surface area contributed by atoms with Crippen molar-refractivity contribution in [3.8, 4) is 11.5 Å². The van der Waals surface area contributed by atoms with Crippen LogP contribution in [0.3, 0.4) is 0 Å². The van der Waals surface area contributed by atoms with Crippen molar-refractivity contribution < 1.29 is 14.3 Å². The summed E-state index contributed by atoms with van der Waals surface area (Å²) in [5.74, 6) is 1.86. The van der Waals surface area contributed by atoms with E-state index in [2.05, 4.69) is 18.3 Å². The Hall–Kier alpha value is -2.25. The molecule has 0 saturated heterocycles. The lowest BCUT2D eigenvalue weighted by Gasteiger charge is -2.19. The van der Waals surface area contributed by atoms with Crippen LogP contribution < -0.4 is 14.8 Å². The van der Waals surface area contributed by atoms with Crippen LogP contribution in [0, 0.1) is 0 Å². The minimum atomic E-state index is 0.0134. The molecule has 1 aliphatic heterocycles. The van der Waals surface area contributed by atoms with Crippen molar-refractivity contribution in [2.24, 2.45) is 0 Å². The Kier molecular flexibility index (Phi) is 5.50. The maximum Gasteiger partial charge on any atom is 0.230 e. The number of fused-ring (bicyclic) bond motifs is 2. The maximum absolute atomic E-state index is 12.2. The van der Waals surface area contributed by atoms with Gasteiger partial charge in [0.1, 0.15) is 18.2 Å². The van der Waals surface area contributed by atoms with Crippen LogP contribution in [-0.2, 0) is 17.8 Å². The van der Waals surface area contributed by atoms with Gasteiger partial charge in [-0.2, -0.15) is 0 Å². The number of thioether (sulfide) groups is 1. The number of carbonyl (C=O) groups excluding carboxylic acids is 1. The molecule has 1 N–H and O–H groups in total. The fourth-order valence-corrected chi connectivity index (χ4v) is 4.46. The van der Waals surface area contributed by atoms with Gasteiger partial charge in [0.2, 0.25) is 5.91 Å². The molecule has 0 bridgehead atoms.